The van der Waals surface area contributed by atoms with Crippen LogP contribution < -0.4 is 15.4 Å². The maximum atomic E-state index is 13.6. The summed E-state index contributed by atoms with van der Waals surface area (Å²) in [4.78, 5) is 30.6. The Bertz CT molecular complexity index is 1470. The number of pyridine rings is 1. The van der Waals surface area contributed by atoms with E-state index in [1.165, 1.54) is 44.8 Å². The first-order valence-corrected chi connectivity index (χ1v) is 13.6. The number of piperidine rings is 1. The summed E-state index contributed by atoms with van der Waals surface area (Å²) < 4.78 is 46.2. The van der Waals surface area contributed by atoms with Gasteiger partial charge in [-0.05, 0) is 55.6 Å². The lowest BCUT2D eigenvalue weighted by atomic mass is 10.0. The molecule has 2 aromatic heterocycles. The van der Waals surface area contributed by atoms with E-state index in [0.29, 0.717) is 42.9 Å². The summed E-state index contributed by atoms with van der Waals surface area (Å²) in [6, 6.07) is 4.92. The first-order valence-electron chi connectivity index (χ1n) is 13.2. The Morgan fingerprint density at radius 3 is 2.37 bits per heavy atom. The van der Waals surface area contributed by atoms with Crippen molar-refractivity contribution in [1.82, 2.24) is 24.8 Å². The third kappa shape index (κ3) is 6.18. The zero-order valence-electron chi connectivity index (χ0n) is 22.8. The maximum absolute atomic E-state index is 13.6. The number of carbonyl (C=O) groups is 1. The van der Waals surface area contributed by atoms with Gasteiger partial charge >= 0.3 is 12.2 Å². The Balaban J connectivity index is 0.000000414. The quantitative estimate of drug-likeness (QED) is 0.448. The minimum absolute atomic E-state index is 0.0295. The molecule has 0 spiro atoms. The van der Waals surface area contributed by atoms with Crippen molar-refractivity contribution in [3.63, 3.8) is 0 Å². The fourth-order valence-electron chi connectivity index (χ4n) is 5.43. The van der Waals surface area contributed by atoms with Crippen LogP contribution in [0.1, 0.15) is 12.0 Å². The second-order valence-electron chi connectivity index (χ2n) is 10.5. The number of ether oxygens (including phenoxy) is 1. The topological polar surface area (TPSA) is 101 Å². The molecule has 1 saturated carbocycles. The van der Waals surface area contributed by atoms with Gasteiger partial charge in [0.05, 0.1) is 28.9 Å². The van der Waals surface area contributed by atoms with E-state index >= 15 is 0 Å². The molecule has 2 N–H and O–H groups in total. The van der Waals surface area contributed by atoms with Crippen LogP contribution in [0.3, 0.4) is 0 Å². The lowest BCUT2D eigenvalue weighted by Crippen LogP contribution is -2.48. The van der Waals surface area contributed by atoms with Crippen molar-refractivity contribution < 1.29 is 22.7 Å². The van der Waals surface area contributed by atoms with E-state index in [1.807, 2.05) is 4.90 Å². The molecule has 0 radical (unpaired) electrons. The molecule has 2 saturated heterocycles. The zero-order valence-corrected chi connectivity index (χ0v) is 23.5. The Morgan fingerprint density at radius 2 is 1.80 bits per heavy atom. The number of nitrogen functional groups attached to an aromatic ring is 1. The third-order valence-electron chi connectivity index (χ3n) is 7.63. The molecule has 218 valence electrons. The van der Waals surface area contributed by atoms with Crippen LogP contribution in [0.5, 0.6) is 6.01 Å². The van der Waals surface area contributed by atoms with Crippen molar-refractivity contribution in [2.45, 2.75) is 12.6 Å². The lowest BCUT2D eigenvalue weighted by molar-refractivity contribution is -0.137. The molecule has 9 nitrogen and oxygen atoms in total. The summed E-state index contributed by atoms with van der Waals surface area (Å²) in [6.07, 6.45) is -1.87. The number of hydrogen-bond donors (Lipinski definition) is 1. The average molecular weight is 590 g/mol. The molecule has 3 aliphatic rings. The summed E-state index contributed by atoms with van der Waals surface area (Å²) in [6.45, 7) is 8.12. The number of piperazine rings is 1. The summed E-state index contributed by atoms with van der Waals surface area (Å²) in [5.41, 5.74) is 4.67. The number of rotatable bonds is 4. The first-order chi connectivity index (χ1) is 19.5. The van der Waals surface area contributed by atoms with Crippen molar-refractivity contribution in [3.05, 3.63) is 47.5 Å². The Labute approximate surface area is 240 Å². The summed E-state index contributed by atoms with van der Waals surface area (Å²) in [7, 11) is 3.61. The number of benzene rings is 1. The largest absolute Gasteiger partial charge is 0.467 e. The highest BCUT2D eigenvalue weighted by atomic mass is 35.5. The number of fused-ring (bicyclic) bond motifs is 2. The van der Waals surface area contributed by atoms with Gasteiger partial charge < -0.3 is 25.2 Å². The number of halogens is 4. The molecule has 13 heteroatoms. The molecule has 2 aliphatic heterocycles. The van der Waals surface area contributed by atoms with Crippen LogP contribution >= 0.6 is 11.6 Å². The number of nitrogens with zero attached hydrogens (tertiary/aromatic N) is 6. The second-order valence-corrected chi connectivity index (χ2v) is 10.9. The second kappa shape index (κ2) is 11.3. The van der Waals surface area contributed by atoms with Crippen molar-refractivity contribution in [3.8, 4) is 17.3 Å². The smallest absolute Gasteiger partial charge is 0.418 e. The van der Waals surface area contributed by atoms with E-state index in [2.05, 4.69) is 33.5 Å². The summed E-state index contributed by atoms with van der Waals surface area (Å²) >= 11 is 6.46. The Kier molecular flexibility index (Phi) is 7.97. The fraction of sp³-hybridized carbons (Fsp3) is 0.429. The molecule has 1 amide bonds. The molecule has 1 aromatic carbocycles. The van der Waals surface area contributed by atoms with Gasteiger partial charge in [0.15, 0.2) is 0 Å². The van der Waals surface area contributed by atoms with Crippen molar-refractivity contribution in [2.24, 2.45) is 11.8 Å². The number of aromatic nitrogens is 3. The van der Waals surface area contributed by atoms with E-state index in [9.17, 15) is 18.0 Å². The van der Waals surface area contributed by atoms with Gasteiger partial charge in [0.1, 0.15) is 11.6 Å². The highest BCUT2D eigenvalue weighted by molar-refractivity contribution is 6.34. The molecule has 3 aromatic rings. The van der Waals surface area contributed by atoms with E-state index in [1.54, 1.807) is 4.90 Å². The van der Waals surface area contributed by atoms with Gasteiger partial charge in [-0.15, -0.1) is 0 Å². The highest BCUT2D eigenvalue weighted by Crippen LogP contribution is 2.44. The molecule has 4 heterocycles. The van der Waals surface area contributed by atoms with Crippen LogP contribution in [0, 0.1) is 11.8 Å². The van der Waals surface area contributed by atoms with E-state index in [4.69, 9.17) is 22.1 Å². The lowest BCUT2D eigenvalue weighted by Gasteiger charge is -2.35. The van der Waals surface area contributed by atoms with Gasteiger partial charge in [0, 0.05) is 50.2 Å². The zero-order chi connectivity index (χ0) is 29.5. The number of methoxy groups -OCH3 is 1. The van der Waals surface area contributed by atoms with Gasteiger partial charge in [-0.1, -0.05) is 18.2 Å². The third-order valence-corrected chi connectivity index (χ3v) is 7.94. The van der Waals surface area contributed by atoms with Gasteiger partial charge in [0.25, 0.3) is 0 Å². The molecular weight excluding hydrogens is 559 g/mol. The number of hydrogen-bond acceptors (Lipinski definition) is 8. The number of amides is 1. The molecular formula is C28H31ClF3N7O2. The SMILES string of the molecule is C=CC(=O)N1CCN(c2nc(OC)nc3cc(-c4nc(N)ccc4C(F)(F)F)c(Cl)cc23)CC1.CN1CC2CC2C1. The van der Waals surface area contributed by atoms with Gasteiger partial charge in [-0.3, -0.25) is 4.79 Å². The predicted molar refractivity (Wildman–Crippen MR) is 152 cm³/mol. The number of nitrogens with two attached hydrogens (primary N) is 1. The van der Waals surface area contributed by atoms with E-state index in [0.717, 1.165) is 24.0 Å². The highest BCUT2D eigenvalue weighted by Gasteiger charge is 2.43. The van der Waals surface area contributed by atoms with Crippen LogP contribution in [0.4, 0.5) is 24.8 Å². The minimum atomic E-state index is -4.66. The molecule has 1 aliphatic carbocycles. The molecule has 0 bridgehead atoms. The number of alkyl halides is 3. The average Bonchev–Trinajstić information content (AvgIpc) is 3.56. The summed E-state index contributed by atoms with van der Waals surface area (Å²) in [5, 5.41) is 0.557. The molecule has 2 atom stereocenters. The van der Waals surface area contributed by atoms with E-state index < -0.39 is 17.4 Å². The van der Waals surface area contributed by atoms with Crippen LogP contribution in [-0.2, 0) is 11.0 Å². The monoisotopic (exact) mass is 589 g/mol. The van der Waals surface area contributed by atoms with Crippen LogP contribution in [-0.4, -0.2) is 84.1 Å². The molecule has 3 fully saturated rings. The standard InChI is InChI=1S/C22H20ClF3N6O2.C6H11N/c1-3-18(33)31-6-8-32(9-7-31)20-13-10-15(23)12(11-16(13)28-21(30-20)34-2)19-14(22(24,25)26)4-5-17(27)29-19;1-7-3-5-2-6(5)4-7/h3-5,10-11H,1,6-9H2,2H3,(H2,27,29);5-6H,2-4H2,1H3. The fourth-order valence-corrected chi connectivity index (χ4v) is 5.69. The molecule has 6 rings (SSSR count). The minimum Gasteiger partial charge on any atom is -0.467 e. The van der Waals surface area contributed by atoms with Crippen molar-refractivity contribution in [1.29, 1.82) is 0 Å². The maximum Gasteiger partial charge on any atom is 0.418 e. The summed E-state index contributed by atoms with van der Waals surface area (Å²) in [5.74, 6) is 2.49. The van der Waals surface area contributed by atoms with Gasteiger partial charge in [-0.2, -0.15) is 23.1 Å². The van der Waals surface area contributed by atoms with Gasteiger partial charge in [-0.25, -0.2) is 4.98 Å². The Morgan fingerprint density at radius 1 is 1.12 bits per heavy atom. The normalized spacial score (nSPS) is 20.3. The number of likely N-dealkylation sites (tertiary alicyclic amines) is 1. The van der Waals surface area contributed by atoms with E-state index in [-0.39, 0.29) is 28.3 Å². The van der Waals surface area contributed by atoms with Crippen molar-refractivity contribution >= 4 is 40.0 Å². The van der Waals surface area contributed by atoms with Crippen LogP contribution in [0.15, 0.2) is 36.9 Å². The number of carbonyl (C=O) groups excluding carboxylic acids is 1. The van der Waals surface area contributed by atoms with Gasteiger partial charge in [0.2, 0.25) is 5.91 Å². The van der Waals surface area contributed by atoms with Crippen molar-refractivity contribution in [2.75, 3.05) is 64.1 Å². The predicted octanol–water partition coefficient (Wildman–Crippen LogP) is 4.36. The molecule has 41 heavy (non-hydrogen) atoms. The first kappa shape index (κ1) is 28.9. The Hall–Kier alpha value is -3.64. The van der Waals surface area contributed by atoms with Crippen LogP contribution in [0.25, 0.3) is 22.2 Å². The van der Waals surface area contributed by atoms with Crippen LogP contribution in [0.2, 0.25) is 5.02 Å². The number of anilines is 2. The molecule has 2 unspecified atom stereocenters.